The highest BCUT2D eigenvalue weighted by molar-refractivity contribution is 6.06. The van der Waals surface area contributed by atoms with E-state index in [1.165, 1.54) is 24.3 Å². The van der Waals surface area contributed by atoms with E-state index in [1.54, 1.807) is 18.2 Å². The number of para-hydroxylation sites is 2. The number of allylic oxidation sites excluding steroid dienone is 1. The number of rotatable bonds is 3. The molecule has 1 aromatic heterocycles. The van der Waals surface area contributed by atoms with Crippen LogP contribution in [-0.2, 0) is 4.79 Å². The molecule has 4 aromatic rings. The fourth-order valence-corrected chi connectivity index (χ4v) is 4.00. The summed E-state index contributed by atoms with van der Waals surface area (Å²) in [5, 5.41) is 16.2. The van der Waals surface area contributed by atoms with Crippen molar-refractivity contribution in [1.82, 2.24) is 9.55 Å². The number of hydrogen-bond acceptors (Lipinski definition) is 4. The van der Waals surface area contributed by atoms with Crippen molar-refractivity contribution in [2.24, 2.45) is 0 Å². The zero-order chi connectivity index (χ0) is 21.5. The van der Waals surface area contributed by atoms with E-state index in [-0.39, 0.29) is 17.5 Å². The number of hydrogen-bond donors (Lipinski definition) is 3. The summed E-state index contributed by atoms with van der Waals surface area (Å²) in [6.45, 7) is 1.82. The number of aromatic nitrogens is 2. The maximum absolute atomic E-state index is 13.4. The van der Waals surface area contributed by atoms with Gasteiger partial charge in [-0.05, 0) is 61.0 Å². The summed E-state index contributed by atoms with van der Waals surface area (Å²) in [6, 6.07) is 19.6. The van der Waals surface area contributed by atoms with Gasteiger partial charge in [-0.1, -0.05) is 24.3 Å². The normalized spacial score (nSPS) is 15.5. The molecule has 3 N–H and O–H groups in total. The molecule has 0 fully saturated rings. The van der Waals surface area contributed by atoms with Crippen LogP contribution in [0.5, 0.6) is 5.75 Å². The molecule has 1 unspecified atom stereocenters. The van der Waals surface area contributed by atoms with Crippen molar-refractivity contribution in [3.8, 4) is 5.75 Å². The third kappa shape index (κ3) is 3.30. The highest BCUT2D eigenvalue weighted by Crippen LogP contribution is 2.40. The van der Waals surface area contributed by atoms with Gasteiger partial charge in [-0.15, -0.1) is 0 Å². The molecular formula is C24H19FN4O2. The number of halogens is 1. The average Bonchev–Trinajstić information content (AvgIpc) is 3.12. The molecule has 0 saturated carbocycles. The Morgan fingerprint density at radius 1 is 1.10 bits per heavy atom. The predicted molar refractivity (Wildman–Crippen MR) is 117 cm³/mol. The molecule has 0 radical (unpaired) electrons. The van der Waals surface area contributed by atoms with Crippen molar-refractivity contribution in [2.75, 3.05) is 10.6 Å². The summed E-state index contributed by atoms with van der Waals surface area (Å²) in [4.78, 5) is 18.1. The number of amides is 1. The SMILES string of the molecule is CC1=C(C(=O)Nc2ccc(F)cc2)C(c2cccc(O)c2)n2c(nc3ccccc32)N1. The van der Waals surface area contributed by atoms with Crippen LogP contribution in [0, 0.1) is 5.82 Å². The van der Waals surface area contributed by atoms with Crippen molar-refractivity contribution >= 4 is 28.6 Å². The van der Waals surface area contributed by atoms with Crippen molar-refractivity contribution < 1.29 is 14.3 Å². The van der Waals surface area contributed by atoms with Crippen LogP contribution in [0.3, 0.4) is 0 Å². The molecule has 1 atom stereocenters. The first kappa shape index (κ1) is 18.9. The molecule has 0 spiro atoms. The zero-order valence-electron chi connectivity index (χ0n) is 16.6. The lowest BCUT2D eigenvalue weighted by Gasteiger charge is -2.30. The zero-order valence-corrected chi connectivity index (χ0v) is 16.6. The number of anilines is 2. The van der Waals surface area contributed by atoms with Crippen LogP contribution in [0.4, 0.5) is 16.0 Å². The van der Waals surface area contributed by atoms with Crippen LogP contribution in [0.15, 0.2) is 84.1 Å². The predicted octanol–water partition coefficient (Wildman–Crippen LogP) is 4.81. The molecule has 0 saturated heterocycles. The summed E-state index contributed by atoms with van der Waals surface area (Å²) < 4.78 is 15.2. The Morgan fingerprint density at radius 3 is 2.65 bits per heavy atom. The number of nitrogens with zero attached hydrogens (tertiary/aromatic N) is 2. The number of benzene rings is 3. The maximum Gasteiger partial charge on any atom is 0.255 e. The van der Waals surface area contributed by atoms with E-state index in [0.29, 0.717) is 22.9 Å². The van der Waals surface area contributed by atoms with Gasteiger partial charge in [0, 0.05) is 11.4 Å². The van der Waals surface area contributed by atoms with Gasteiger partial charge in [-0.2, -0.15) is 0 Å². The molecule has 7 heteroatoms. The molecule has 5 rings (SSSR count). The summed E-state index contributed by atoms with van der Waals surface area (Å²) in [6.07, 6.45) is 0. The second-order valence-electron chi connectivity index (χ2n) is 7.42. The first-order valence-electron chi connectivity index (χ1n) is 9.82. The Bertz CT molecular complexity index is 1340. The molecular weight excluding hydrogens is 395 g/mol. The van der Waals surface area contributed by atoms with Gasteiger partial charge in [0.1, 0.15) is 11.6 Å². The Labute approximate surface area is 177 Å². The second-order valence-corrected chi connectivity index (χ2v) is 7.42. The smallest absolute Gasteiger partial charge is 0.255 e. The van der Waals surface area contributed by atoms with Gasteiger partial charge >= 0.3 is 0 Å². The van der Waals surface area contributed by atoms with Gasteiger partial charge in [0.15, 0.2) is 0 Å². The second kappa shape index (κ2) is 7.28. The molecule has 6 nitrogen and oxygen atoms in total. The Kier molecular flexibility index (Phi) is 4.43. The highest BCUT2D eigenvalue weighted by Gasteiger charge is 2.34. The molecule has 0 aliphatic carbocycles. The highest BCUT2D eigenvalue weighted by atomic mass is 19.1. The van der Waals surface area contributed by atoms with Gasteiger partial charge in [0.25, 0.3) is 5.91 Å². The number of imidazole rings is 1. The van der Waals surface area contributed by atoms with Gasteiger partial charge < -0.3 is 15.7 Å². The number of phenolic OH excluding ortho intramolecular Hbond substituents is 1. The monoisotopic (exact) mass is 414 g/mol. The first-order chi connectivity index (χ1) is 15.0. The summed E-state index contributed by atoms with van der Waals surface area (Å²) in [5.74, 6) is 0.0246. The molecule has 1 aliphatic heterocycles. The van der Waals surface area contributed by atoms with E-state index in [4.69, 9.17) is 0 Å². The lowest BCUT2D eigenvalue weighted by atomic mass is 9.94. The number of aromatic hydroxyl groups is 1. The number of nitrogens with one attached hydrogen (secondary N) is 2. The van der Waals surface area contributed by atoms with Gasteiger partial charge in [0.05, 0.1) is 22.6 Å². The molecule has 1 aliphatic rings. The van der Waals surface area contributed by atoms with Crippen molar-refractivity contribution in [1.29, 1.82) is 0 Å². The van der Waals surface area contributed by atoms with Crippen LogP contribution in [0.2, 0.25) is 0 Å². The Balaban J connectivity index is 1.66. The van der Waals surface area contributed by atoms with Crippen LogP contribution in [0.1, 0.15) is 18.5 Å². The quantitative estimate of drug-likeness (QED) is 0.450. The van der Waals surface area contributed by atoms with Gasteiger partial charge in [0.2, 0.25) is 5.95 Å². The van der Waals surface area contributed by atoms with E-state index in [2.05, 4.69) is 15.6 Å². The van der Waals surface area contributed by atoms with E-state index < -0.39 is 6.04 Å². The lowest BCUT2D eigenvalue weighted by Crippen LogP contribution is -2.30. The van der Waals surface area contributed by atoms with Crippen LogP contribution in [-0.4, -0.2) is 20.6 Å². The van der Waals surface area contributed by atoms with Crippen LogP contribution >= 0.6 is 0 Å². The van der Waals surface area contributed by atoms with Crippen LogP contribution < -0.4 is 10.6 Å². The van der Waals surface area contributed by atoms with Crippen molar-refractivity contribution in [3.05, 3.63) is 95.4 Å². The molecule has 0 bridgehead atoms. The minimum Gasteiger partial charge on any atom is -0.508 e. The molecule has 1 amide bonds. The Hall–Kier alpha value is -4.13. The average molecular weight is 414 g/mol. The third-order valence-corrected chi connectivity index (χ3v) is 5.36. The van der Waals surface area contributed by atoms with Crippen molar-refractivity contribution in [2.45, 2.75) is 13.0 Å². The largest absolute Gasteiger partial charge is 0.508 e. The summed E-state index contributed by atoms with van der Waals surface area (Å²) in [7, 11) is 0. The molecule has 3 aromatic carbocycles. The minimum absolute atomic E-state index is 0.109. The lowest BCUT2D eigenvalue weighted by molar-refractivity contribution is -0.113. The van der Waals surface area contributed by atoms with Crippen LogP contribution in [0.25, 0.3) is 11.0 Å². The molecule has 31 heavy (non-hydrogen) atoms. The number of carbonyl (C=O) groups is 1. The maximum atomic E-state index is 13.4. The van der Waals surface area contributed by atoms with E-state index >= 15 is 0 Å². The third-order valence-electron chi connectivity index (χ3n) is 5.36. The summed E-state index contributed by atoms with van der Waals surface area (Å²) >= 11 is 0. The number of phenols is 1. The Morgan fingerprint density at radius 2 is 1.87 bits per heavy atom. The van der Waals surface area contributed by atoms with Crippen molar-refractivity contribution in [3.63, 3.8) is 0 Å². The van der Waals surface area contributed by atoms with E-state index in [1.807, 2.05) is 41.8 Å². The molecule has 2 heterocycles. The number of carbonyl (C=O) groups excluding carboxylic acids is 1. The number of fused-ring (bicyclic) bond motifs is 3. The topological polar surface area (TPSA) is 79.2 Å². The van der Waals surface area contributed by atoms with E-state index in [0.717, 1.165) is 16.6 Å². The fraction of sp³-hybridized carbons (Fsp3) is 0.0833. The minimum atomic E-state index is -0.517. The van der Waals surface area contributed by atoms with E-state index in [9.17, 15) is 14.3 Å². The molecule has 154 valence electrons. The van der Waals surface area contributed by atoms with Gasteiger partial charge in [-0.25, -0.2) is 9.37 Å². The standard InChI is InChI=1S/C24H19FN4O2/c1-14-21(23(31)27-17-11-9-16(25)10-12-17)22(15-5-4-6-18(30)13-15)29-20-8-3-2-7-19(20)28-24(29)26-14/h2-13,22,30H,1H3,(H,26,28)(H,27,31). The van der Waals surface area contributed by atoms with Gasteiger partial charge in [-0.3, -0.25) is 9.36 Å². The summed E-state index contributed by atoms with van der Waals surface area (Å²) in [5.41, 5.74) is 4.01. The first-order valence-corrected chi connectivity index (χ1v) is 9.82. The fourth-order valence-electron chi connectivity index (χ4n) is 4.00.